The molecule has 0 saturated carbocycles. The van der Waals surface area contributed by atoms with Crippen LogP contribution in [0, 0.1) is 0 Å². The fourth-order valence-electron chi connectivity index (χ4n) is 4.78. The van der Waals surface area contributed by atoms with Crippen LogP contribution in [0.5, 0.6) is 0 Å². The number of hydrogen-bond acceptors (Lipinski definition) is 7. The molecule has 2 aliphatic heterocycles. The van der Waals surface area contributed by atoms with Crippen molar-refractivity contribution in [3.8, 4) is 11.4 Å². The van der Waals surface area contributed by atoms with Gasteiger partial charge in [-0.05, 0) is 76.3 Å². The standard InChI is InChI=1S/C29H36N6O2S/c1-21-19-37-17-16-35(21)27-18-25(20-38-26-6-4-3-5-7-26)30-28(33-27)22-8-10-23(11-9-22)31-29(36)32-24-12-14-34(2)15-13-24/h3-11,18,21,24H,12-17,19-20H2,1-2H3,(H2,31,32,36)/t21-/m0/s1. The van der Waals surface area contributed by atoms with Crippen molar-refractivity contribution < 1.29 is 9.53 Å². The number of piperidine rings is 1. The number of nitrogens with zero attached hydrogens (tertiary/aromatic N) is 4. The van der Waals surface area contributed by atoms with Crippen molar-refractivity contribution in [3.63, 3.8) is 0 Å². The first kappa shape index (κ1) is 26.5. The summed E-state index contributed by atoms with van der Waals surface area (Å²) in [5.41, 5.74) is 2.65. The fourth-order valence-corrected chi connectivity index (χ4v) is 5.59. The molecule has 9 heteroatoms. The van der Waals surface area contributed by atoms with Crippen LogP contribution >= 0.6 is 11.8 Å². The molecule has 0 radical (unpaired) electrons. The Bertz CT molecular complexity index is 1200. The van der Waals surface area contributed by atoms with Gasteiger partial charge in [-0.25, -0.2) is 14.8 Å². The Morgan fingerprint density at radius 2 is 1.82 bits per heavy atom. The molecule has 5 rings (SSSR count). The lowest BCUT2D eigenvalue weighted by atomic mass is 10.1. The van der Waals surface area contributed by atoms with Gasteiger partial charge in [0, 0.05) is 40.6 Å². The number of anilines is 2. The zero-order chi connectivity index (χ0) is 26.3. The van der Waals surface area contributed by atoms with E-state index >= 15 is 0 Å². The highest BCUT2D eigenvalue weighted by atomic mass is 32.2. The number of nitrogens with one attached hydrogen (secondary N) is 2. The van der Waals surface area contributed by atoms with E-state index in [0.717, 1.165) is 61.0 Å². The maximum Gasteiger partial charge on any atom is 0.319 e. The Hall–Kier alpha value is -3.14. The van der Waals surface area contributed by atoms with Crippen molar-refractivity contribution in [1.82, 2.24) is 20.2 Å². The van der Waals surface area contributed by atoms with E-state index in [0.29, 0.717) is 19.0 Å². The molecule has 0 spiro atoms. The zero-order valence-corrected chi connectivity index (χ0v) is 22.9. The quantitative estimate of drug-likeness (QED) is 0.420. The lowest BCUT2D eigenvalue weighted by Gasteiger charge is -2.34. The molecular weight excluding hydrogens is 496 g/mol. The highest BCUT2D eigenvalue weighted by Crippen LogP contribution is 2.28. The highest BCUT2D eigenvalue weighted by molar-refractivity contribution is 7.98. The second-order valence-electron chi connectivity index (χ2n) is 10.0. The fraction of sp³-hybridized carbons (Fsp3) is 0.414. The molecule has 2 N–H and O–H groups in total. The van der Waals surface area contributed by atoms with Gasteiger partial charge in [-0.15, -0.1) is 11.8 Å². The van der Waals surface area contributed by atoms with E-state index in [2.05, 4.69) is 64.7 Å². The van der Waals surface area contributed by atoms with Crippen LogP contribution in [-0.4, -0.2) is 72.9 Å². The first-order valence-corrected chi connectivity index (χ1v) is 14.3. The number of urea groups is 1. The topological polar surface area (TPSA) is 82.6 Å². The van der Waals surface area contributed by atoms with Crippen LogP contribution < -0.4 is 15.5 Å². The van der Waals surface area contributed by atoms with E-state index in [4.69, 9.17) is 14.7 Å². The molecule has 2 aliphatic rings. The number of ether oxygens (including phenoxy) is 1. The maximum atomic E-state index is 12.5. The number of hydrogen-bond donors (Lipinski definition) is 2. The minimum atomic E-state index is -0.160. The molecule has 3 heterocycles. The van der Waals surface area contributed by atoms with Crippen LogP contribution in [-0.2, 0) is 10.5 Å². The van der Waals surface area contributed by atoms with Crippen molar-refractivity contribution in [1.29, 1.82) is 0 Å². The molecule has 2 amide bonds. The largest absolute Gasteiger partial charge is 0.377 e. The number of thioether (sulfide) groups is 1. The van der Waals surface area contributed by atoms with E-state index in [9.17, 15) is 4.79 Å². The van der Waals surface area contributed by atoms with Crippen LogP contribution in [0.15, 0.2) is 65.6 Å². The Morgan fingerprint density at radius 3 is 2.55 bits per heavy atom. The van der Waals surface area contributed by atoms with Gasteiger partial charge in [0.25, 0.3) is 0 Å². The van der Waals surface area contributed by atoms with Crippen molar-refractivity contribution in [3.05, 3.63) is 66.4 Å². The number of aromatic nitrogens is 2. The predicted molar refractivity (Wildman–Crippen MR) is 154 cm³/mol. The number of morpholine rings is 1. The van der Waals surface area contributed by atoms with Crippen LogP contribution in [0.2, 0.25) is 0 Å². The maximum absolute atomic E-state index is 12.5. The number of benzene rings is 2. The number of rotatable bonds is 7. The lowest BCUT2D eigenvalue weighted by molar-refractivity contribution is 0.0985. The van der Waals surface area contributed by atoms with Crippen molar-refractivity contribution in [2.75, 3.05) is 50.1 Å². The van der Waals surface area contributed by atoms with E-state index in [1.165, 1.54) is 4.90 Å². The lowest BCUT2D eigenvalue weighted by Crippen LogP contribution is -2.44. The first-order chi connectivity index (χ1) is 18.5. The highest BCUT2D eigenvalue weighted by Gasteiger charge is 2.22. The third-order valence-corrected chi connectivity index (χ3v) is 8.06. The summed E-state index contributed by atoms with van der Waals surface area (Å²) in [6.07, 6.45) is 1.95. The molecule has 2 saturated heterocycles. The molecule has 0 bridgehead atoms. The average Bonchev–Trinajstić information content (AvgIpc) is 2.94. The van der Waals surface area contributed by atoms with Gasteiger partial charge in [0.05, 0.1) is 24.9 Å². The van der Waals surface area contributed by atoms with Crippen LogP contribution in [0.4, 0.5) is 16.3 Å². The van der Waals surface area contributed by atoms with Gasteiger partial charge < -0.3 is 25.2 Å². The van der Waals surface area contributed by atoms with Crippen molar-refractivity contribution in [2.24, 2.45) is 0 Å². The molecule has 0 aliphatic carbocycles. The number of amides is 2. The monoisotopic (exact) mass is 532 g/mol. The Kier molecular flexibility index (Phi) is 8.78. The second kappa shape index (κ2) is 12.6. The third-order valence-electron chi connectivity index (χ3n) is 7.01. The molecule has 3 aromatic rings. The summed E-state index contributed by atoms with van der Waals surface area (Å²) in [6, 6.07) is 20.5. The van der Waals surface area contributed by atoms with Gasteiger partial charge in [-0.1, -0.05) is 18.2 Å². The summed E-state index contributed by atoms with van der Waals surface area (Å²) in [5.74, 6) is 2.36. The molecule has 8 nitrogen and oxygen atoms in total. The van der Waals surface area contributed by atoms with Crippen LogP contribution in [0.3, 0.4) is 0 Å². The summed E-state index contributed by atoms with van der Waals surface area (Å²) < 4.78 is 5.65. The Labute approximate surface area is 229 Å². The molecule has 2 aromatic carbocycles. The van der Waals surface area contributed by atoms with Gasteiger partial charge in [0.15, 0.2) is 5.82 Å². The zero-order valence-electron chi connectivity index (χ0n) is 22.1. The molecule has 0 unspecified atom stereocenters. The van der Waals surface area contributed by atoms with E-state index in [-0.39, 0.29) is 18.1 Å². The van der Waals surface area contributed by atoms with Gasteiger partial charge in [0.1, 0.15) is 5.82 Å². The summed E-state index contributed by atoms with van der Waals surface area (Å²) in [4.78, 5) is 28.2. The summed E-state index contributed by atoms with van der Waals surface area (Å²) in [7, 11) is 2.11. The molecule has 38 heavy (non-hydrogen) atoms. The minimum Gasteiger partial charge on any atom is -0.377 e. The SMILES string of the molecule is C[C@H]1COCCN1c1cc(CSc2ccccc2)nc(-c2ccc(NC(=O)NC3CCN(C)CC3)cc2)n1. The van der Waals surface area contributed by atoms with E-state index < -0.39 is 0 Å². The van der Waals surface area contributed by atoms with Crippen LogP contribution in [0.25, 0.3) is 11.4 Å². The predicted octanol–water partition coefficient (Wildman–Crippen LogP) is 4.88. The molecule has 1 atom stereocenters. The Morgan fingerprint density at radius 1 is 1.05 bits per heavy atom. The van der Waals surface area contributed by atoms with Crippen molar-refractivity contribution in [2.45, 2.75) is 42.5 Å². The molecular formula is C29H36N6O2S. The van der Waals surface area contributed by atoms with Gasteiger partial charge in [0.2, 0.25) is 0 Å². The average molecular weight is 533 g/mol. The summed E-state index contributed by atoms with van der Waals surface area (Å²) in [5, 5.41) is 6.07. The third kappa shape index (κ3) is 7.03. The first-order valence-electron chi connectivity index (χ1n) is 13.3. The number of carbonyl (C=O) groups is 1. The number of carbonyl (C=O) groups excluding carboxylic acids is 1. The van der Waals surface area contributed by atoms with Gasteiger partial charge >= 0.3 is 6.03 Å². The Balaban J connectivity index is 1.31. The van der Waals surface area contributed by atoms with Crippen molar-refractivity contribution >= 4 is 29.3 Å². The molecule has 1 aromatic heterocycles. The van der Waals surface area contributed by atoms with E-state index in [1.807, 2.05) is 30.3 Å². The van der Waals surface area contributed by atoms with Gasteiger partial charge in [-0.2, -0.15) is 0 Å². The minimum absolute atomic E-state index is 0.160. The second-order valence-corrected chi connectivity index (χ2v) is 11.1. The van der Waals surface area contributed by atoms with Gasteiger partial charge in [-0.3, -0.25) is 0 Å². The molecule has 200 valence electrons. The summed E-state index contributed by atoms with van der Waals surface area (Å²) >= 11 is 1.77. The van der Waals surface area contributed by atoms with E-state index in [1.54, 1.807) is 11.8 Å². The summed E-state index contributed by atoms with van der Waals surface area (Å²) in [6.45, 7) is 6.36. The molecule has 2 fully saturated rings. The van der Waals surface area contributed by atoms with Crippen LogP contribution in [0.1, 0.15) is 25.5 Å². The normalized spacial score (nSPS) is 18.8. The smallest absolute Gasteiger partial charge is 0.319 e. The number of likely N-dealkylation sites (tertiary alicyclic amines) is 1.